The van der Waals surface area contributed by atoms with Gasteiger partial charge in [0.05, 0.1) is 0 Å². The van der Waals surface area contributed by atoms with Gasteiger partial charge in [-0.2, -0.15) is 0 Å². The third kappa shape index (κ3) is 3.83. The number of carbonyl (C=O) groups is 1. The van der Waals surface area contributed by atoms with Crippen molar-refractivity contribution in [1.82, 2.24) is 4.90 Å². The zero-order valence-corrected chi connectivity index (χ0v) is 17.1. The summed E-state index contributed by atoms with van der Waals surface area (Å²) in [6, 6.07) is 23.5. The zero-order chi connectivity index (χ0) is 20.3. The predicted octanol–water partition coefficient (Wildman–Crippen LogP) is 4.88. The molecule has 0 radical (unpaired) electrons. The van der Waals surface area contributed by atoms with E-state index in [1.165, 1.54) is 0 Å². The number of ether oxygens (including phenoxy) is 3. The van der Waals surface area contributed by atoms with E-state index in [0.717, 1.165) is 22.6 Å². The van der Waals surface area contributed by atoms with Crippen molar-refractivity contribution in [3.8, 4) is 17.2 Å². The zero-order valence-electron chi connectivity index (χ0n) is 16.3. The van der Waals surface area contributed by atoms with Crippen LogP contribution in [0.3, 0.4) is 0 Å². The molecule has 152 valence electrons. The first-order valence-electron chi connectivity index (χ1n) is 9.87. The van der Waals surface area contributed by atoms with Gasteiger partial charge in [0.2, 0.25) is 6.79 Å². The Morgan fingerprint density at radius 1 is 1.00 bits per heavy atom. The lowest BCUT2D eigenvalue weighted by Crippen LogP contribution is -2.30. The van der Waals surface area contributed by atoms with Crippen LogP contribution in [-0.2, 0) is 6.61 Å². The summed E-state index contributed by atoms with van der Waals surface area (Å²) < 4.78 is 16.8. The van der Waals surface area contributed by atoms with E-state index in [1.807, 2.05) is 53.4 Å². The van der Waals surface area contributed by atoms with Crippen LogP contribution in [-0.4, -0.2) is 29.9 Å². The molecule has 0 spiro atoms. The Hall–Kier alpha value is -3.12. The number of amides is 1. The van der Waals surface area contributed by atoms with E-state index in [-0.39, 0.29) is 18.1 Å². The Bertz CT molecular complexity index is 1060. The first kappa shape index (κ1) is 18.9. The van der Waals surface area contributed by atoms with Crippen LogP contribution in [0.4, 0.5) is 0 Å². The molecule has 3 aromatic carbocycles. The number of thioether (sulfide) groups is 1. The van der Waals surface area contributed by atoms with Gasteiger partial charge < -0.3 is 19.1 Å². The topological polar surface area (TPSA) is 48.0 Å². The third-order valence-electron chi connectivity index (χ3n) is 5.16. The van der Waals surface area contributed by atoms with Crippen molar-refractivity contribution in [3.63, 3.8) is 0 Å². The Morgan fingerprint density at radius 3 is 2.77 bits per heavy atom. The number of rotatable bonds is 5. The molecule has 0 aliphatic carbocycles. The fourth-order valence-electron chi connectivity index (χ4n) is 3.65. The van der Waals surface area contributed by atoms with Crippen molar-refractivity contribution in [2.24, 2.45) is 0 Å². The summed E-state index contributed by atoms with van der Waals surface area (Å²) in [4.78, 5) is 15.1. The summed E-state index contributed by atoms with van der Waals surface area (Å²) in [6.45, 7) is 1.42. The molecule has 5 rings (SSSR count). The fourth-order valence-corrected chi connectivity index (χ4v) is 4.89. The lowest BCUT2D eigenvalue weighted by atomic mass is 10.1. The van der Waals surface area contributed by atoms with Gasteiger partial charge in [-0.15, -0.1) is 11.8 Å². The molecule has 0 saturated carbocycles. The highest BCUT2D eigenvalue weighted by Crippen LogP contribution is 2.41. The second kappa shape index (κ2) is 8.32. The molecule has 0 aromatic heterocycles. The lowest BCUT2D eigenvalue weighted by molar-refractivity contribution is 0.0759. The van der Waals surface area contributed by atoms with Gasteiger partial charge >= 0.3 is 0 Å². The standard InChI is InChI=1S/C24H21NO4S/c26-23(18-9-10-21-22(14-18)29-16-28-21)25-11-12-30-24(25)19-7-4-8-20(13-19)27-15-17-5-2-1-3-6-17/h1-10,13-14,24H,11-12,15-16H2/t24-/m0/s1. The van der Waals surface area contributed by atoms with E-state index in [4.69, 9.17) is 14.2 Å². The maximum absolute atomic E-state index is 13.2. The largest absolute Gasteiger partial charge is 0.489 e. The molecular weight excluding hydrogens is 398 g/mol. The minimum atomic E-state index is -0.0387. The molecule has 1 amide bonds. The molecule has 30 heavy (non-hydrogen) atoms. The van der Waals surface area contributed by atoms with Crippen LogP contribution < -0.4 is 14.2 Å². The maximum atomic E-state index is 13.2. The molecule has 2 aliphatic heterocycles. The fraction of sp³-hybridized carbons (Fsp3) is 0.208. The van der Waals surface area contributed by atoms with E-state index in [2.05, 4.69) is 6.07 Å². The van der Waals surface area contributed by atoms with Crippen LogP contribution in [0.2, 0.25) is 0 Å². The lowest BCUT2D eigenvalue weighted by Gasteiger charge is -2.24. The SMILES string of the molecule is O=C(c1ccc2c(c1)OCO2)N1CCS[C@H]1c1cccc(OCc2ccccc2)c1. The van der Waals surface area contributed by atoms with Gasteiger partial charge in [0.1, 0.15) is 17.7 Å². The molecule has 5 nitrogen and oxygen atoms in total. The van der Waals surface area contributed by atoms with Gasteiger partial charge in [-0.25, -0.2) is 0 Å². The molecule has 3 aromatic rings. The van der Waals surface area contributed by atoms with Crippen molar-refractivity contribution in [1.29, 1.82) is 0 Å². The Kier molecular flexibility index (Phi) is 5.24. The van der Waals surface area contributed by atoms with Crippen molar-refractivity contribution in [2.45, 2.75) is 12.0 Å². The second-order valence-electron chi connectivity index (χ2n) is 7.14. The van der Waals surface area contributed by atoms with E-state index in [9.17, 15) is 4.79 Å². The predicted molar refractivity (Wildman–Crippen MR) is 116 cm³/mol. The normalized spacial score (nSPS) is 17.2. The minimum absolute atomic E-state index is 0.00101. The van der Waals surface area contributed by atoms with E-state index in [1.54, 1.807) is 30.0 Å². The van der Waals surface area contributed by atoms with Gasteiger partial charge in [0, 0.05) is 17.9 Å². The highest BCUT2D eigenvalue weighted by atomic mass is 32.2. The number of benzene rings is 3. The molecule has 2 heterocycles. The molecular formula is C24H21NO4S. The van der Waals surface area contributed by atoms with Crippen LogP contribution in [0.15, 0.2) is 72.8 Å². The molecule has 0 N–H and O–H groups in total. The Balaban J connectivity index is 1.33. The van der Waals surface area contributed by atoms with Gasteiger partial charge in [0.15, 0.2) is 11.5 Å². The van der Waals surface area contributed by atoms with Crippen LogP contribution in [0.5, 0.6) is 17.2 Å². The third-order valence-corrected chi connectivity index (χ3v) is 6.42. The van der Waals surface area contributed by atoms with Gasteiger partial charge in [-0.1, -0.05) is 42.5 Å². The summed E-state index contributed by atoms with van der Waals surface area (Å²) in [5.41, 5.74) is 2.80. The molecule has 0 bridgehead atoms. The van der Waals surface area contributed by atoms with Crippen LogP contribution in [0.1, 0.15) is 26.9 Å². The first-order valence-corrected chi connectivity index (χ1v) is 10.9. The summed E-state index contributed by atoms with van der Waals surface area (Å²) in [7, 11) is 0. The first-order chi connectivity index (χ1) is 14.8. The van der Waals surface area contributed by atoms with E-state index < -0.39 is 0 Å². The van der Waals surface area contributed by atoms with Crippen LogP contribution >= 0.6 is 11.8 Å². The molecule has 1 saturated heterocycles. The monoisotopic (exact) mass is 419 g/mol. The average Bonchev–Trinajstić information content (AvgIpc) is 3.47. The van der Waals surface area contributed by atoms with E-state index in [0.29, 0.717) is 30.2 Å². The highest BCUT2D eigenvalue weighted by Gasteiger charge is 2.32. The van der Waals surface area contributed by atoms with Gasteiger partial charge in [-0.3, -0.25) is 4.79 Å². The van der Waals surface area contributed by atoms with Crippen molar-refractivity contribution < 1.29 is 19.0 Å². The van der Waals surface area contributed by atoms with Gasteiger partial charge in [-0.05, 0) is 41.5 Å². The van der Waals surface area contributed by atoms with Crippen LogP contribution in [0.25, 0.3) is 0 Å². The number of nitrogens with zero attached hydrogens (tertiary/aromatic N) is 1. The Labute approximate surface area is 179 Å². The maximum Gasteiger partial charge on any atom is 0.255 e. The number of fused-ring (bicyclic) bond motifs is 1. The molecule has 0 unspecified atom stereocenters. The second-order valence-corrected chi connectivity index (χ2v) is 8.32. The molecule has 1 fully saturated rings. The summed E-state index contributed by atoms with van der Waals surface area (Å²) in [6.07, 6.45) is 0. The van der Waals surface area contributed by atoms with Crippen molar-refractivity contribution >= 4 is 17.7 Å². The Morgan fingerprint density at radius 2 is 1.87 bits per heavy atom. The average molecular weight is 420 g/mol. The number of hydrogen-bond donors (Lipinski definition) is 0. The summed E-state index contributed by atoms with van der Waals surface area (Å²) in [5.74, 6) is 3.01. The van der Waals surface area contributed by atoms with Crippen molar-refractivity contribution in [2.75, 3.05) is 19.1 Å². The number of carbonyl (C=O) groups excluding carboxylic acids is 1. The molecule has 6 heteroatoms. The van der Waals surface area contributed by atoms with Gasteiger partial charge in [0.25, 0.3) is 5.91 Å². The number of hydrogen-bond acceptors (Lipinski definition) is 5. The smallest absolute Gasteiger partial charge is 0.255 e. The van der Waals surface area contributed by atoms with E-state index >= 15 is 0 Å². The molecule has 1 atom stereocenters. The highest BCUT2D eigenvalue weighted by molar-refractivity contribution is 7.99. The van der Waals surface area contributed by atoms with Crippen LogP contribution in [0, 0.1) is 0 Å². The minimum Gasteiger partial charge on any atom is -0.489 e. The van der Waals surface area contributed by atoms with Crippen molar-refractivity contribution in [3.05, 3.63) is 89.5 Å². The summed E-state index contributed by atoms with van der Waals surface area (Å²) in [5, 5.41) is -0.0387. The molecule has 2 aliphatic rings. The quantitative estimate of drug-likeness (QED) is 0.590. The summed E-state index contributed by atoms with van der Waals surface area (Å²) >= 11 is 1.77.